The molecule has 1 aromatic heterocycles. The Morgan fingerprint density at radius 3 is 2.90 bits per heavy atom. The van der Waals surface area contributed by atoms with Crippen LogP contribution in [0.3, 0.4) is 0 Å². The van der Waals surface area contributed by atoms with Gasteiger partial charge in [0.15, 0.2) is 5.96 Å². The predicted octanol–water partition coefficient (Wildman–Crippen LogP) is 3.70. The molecule has 1 aromatic carbocycles. The van der Waals surface area contributed by atoms with E-state index in [1.807, 2.05) is 37.3 Å². The van der Waals surface area contributed by atoms with E-state index in [1.165, 1.54) is 0 Å². The molecule has 1 aliphatic rings. The van der Waals surface area contributed by atoms with Crippen molar-refractivity contribution in [3.8, 4) is 11.6 Å². The van der Waals surface area contributed by atoms with Crippen LogP contribution in [0.4, 0.5) is 5.69 Å². The van der Waals surface area contributed by atoms with Gasteiger partial charge in [0, 0.05) is 50.0 Å². The van der Waals surface area contributed by atoms with E-state index in [9.17, 15) is 0 Å². The monoisotopic (exact) mass is 545 g/mol. The van der Waals surface area contributed by atoms with E-state index in [1.54, 1.807) is 20.4 Å². The molecular weight excluding hydrogens is 517 g/mol. The van der Waals surface area contributed by atoms with Gasteiger partial charge in [0.05, 0.1) is 19.4 Å². The number of anilines is 1. The standard InChI is InChI=1S/C21H28ClN5O2.HI/c1-4-29-20-11-15(7-9-24-20)13-25-21(23-2)26-17-8-10-27(14-17)18-12-16(22)5-6-19(18)28-3;/h5-7,9,11-12,17H,4,8,10,13-14H2,1-3H3,(H2,23,25,26);1H. The Hall–Kier alpha value is -1.94. The van der Waals surface area contributed by atoms with Gasteiger partial charge in [-0.3, -0.25) is 4.99 Å². The molecule has 1 fully saturated rings. The van der Waals surface area contributed by atoms with E-state index in [-0.39, 0.29) is 30.0 Å². The summed E-state index contributed by atoms with van der Waals surface area (Å²) >= 11 is 6.19. The second-order valence-electron chi connectivity index (χ2n) is 6.75. The molecule has 2 heterocycles. The fourth-order valence-electron chi connectivity index (χ4n) is 3.37. The number of methoxy groups -OCH3 is 1. The number of pyridine rings is 1. The largest absolute Gasteiger partial charge is 0.495 e. The Morgan fingerprint density at radius 2 is 2.17 bits per heavy atom. The van der Waals surface area contributed by atoms with Gasteiger partial charge in [0.25, 0.3) is 0 Å². The lowest BCUT2D eigenvalue weighted by Crippen LogP contribution is -2.44. The average molecular weight is 546 g/mol. The van der Waals surface area contributed by atoms with E-state index in [2.05, 4.69) is 25.5 Å². The number of aliphatic imine (C=N–C) groups is 1. The Morgan fingerprint density at radius 1 is 1.33 bits per heavy atom. The predicted molar refractivity (Wildman–Crippen MR) is 133 cm³/mol. The lowest BCUT2D eigenvalue weighted by Gasteiger charge is -2.22. The zero-order valence-corrected chi connectivity index (χ0v) is 20.6. The molecule has 164 valence electrons. The Labute approximate surface area is 200 Å². The van der Waals surface area contributed by atoms with Gasteiger partial charge in [0.1, 0.15) is 5.75 Å². The van der Waals surface area contributed by atoms with E-state index in [0.29, 0.717) is 24.1 Å². The number of benzene rings is 1. The smallest absolute Gasteiger partial charge is 0.213 e. The lowest BCUT2D eigenvalue weighted by molar-refractivity contribution is 0.326. The number of aromatic nitrogens is 1. The number of halogens is 2. The lowest BCUT2D eigenvalue weighted by atomic mass is 10.2. The summed E-state index contributed by atoms with van der Waals surface area (Å²) in [5, 5.41) is 7.57. The quantitative estimate of drug-likeness (QED) is 0.314. The van der Waals surface area contributed by atoms with Crippen LogP contribution in [0.25, 0.3) is 0 Å². The molecule has 2 N–H and O–H groups in total. The topological polar surface area (TPSA) is 71.0 Å². The molecule has 1 atom stereocenters. The molecule has 7 nitrogen and oxygen atoms in total. The van der Waals surface area contributed by atoms with E-state index >= 15 is 0 Å². The molecule has 30 heavy (non-hydrogen) atoms. The third-order valence-corrected chi connectivity index (χ3v) is 5.02. The fraction of sp³-hybridized carbons (Fsp3) is 0.429. The minimum atomic E-state index is 0. The second-order valence-corrected chi connectivity index (χ2v) is 7.19. The van der Waals surface area contributed by atoms with Crippen molar-refractivity contribution >= 4 is 47.2 Å². The average Bonchev–Trinajstić information content (AvgIpc) is 3.20. The molecule has 0 saturated carbocycles. The van der Waals surface area contributed by atoms with Gasteiger partial charge in [-0.15, -0.1) is 24.0 Å². The van der Waals surface area contributed by atoms with Gasteiger partial charge in [-0.1, -0.05) is 11.6 Å². The first kappa shape index (κ1) is 24.3. The van der Waals surface area contributed by atoms with Crippen molar-refractivity contribution < 1.29 is 9.47 Å². The third-order valence-electron chi connectivity index (χ3n) is 4.79. The summed E-state index contributed by atoms with van der Waals surface area (Å²) < 4.78 is 11.0. The minimum absolute atomic E-state index is 0. The fourth-order valence-corrected chi connectivity index (χ4v) is 3.53. The van der Waals surface area contributed by atoms with Crippen LogP contribution in [0.1, 0.15) is 18.9 Å². The maximum Gasteiger partial charge on any atom is 0.213 e. The first-order valence-corrected chi connectivity index (χ1v) is 10.1. The zero-order valence-electron chi connectivity index (χ0n) is 17.5. The van der Waals surface area contributed by atoms with Crippen LogP contribution in [0, 0.1) is 0 Å². The molecule has 0 spiro atoms. The molecule has 0 aliphatic carbocycles. The summed E-state index contributed by atoms with van der Waals surface area (Å²) in [5.74, 6) is 2.24. The first-order valence-electron chi connectivity index (χ1n) is 9.76. The van der Waals surface area contributed by atoms with E-state index in [0.717, 1.165) is 42.5 Å². The Kier molecular flexibility index (Phi) is 9.77. The normalized spacial score (nSPS) is 16.1. The highest BCUT2D eigenvalue weighted by molar-refractivity contribution is 14.0. The van der Waals surface area contributed by atoms with Gasteiger partial charge in [-0.05, 0) is 43.2 Å². The van der Waals surface area contributed by atoms with Crippen molar-refractivity contribution in [1.29, 1.82) is 0 Å². The Bertz CT molecular complexity index is 852. The van der Waals surface area contributed by atoms with Crippen LogP contribution >= 0.6 is 35.6 Å². The number of ether oxygens (including phenoxy) is 2. The molecular formula is C21H29ClIN5O2. The molecule has 3 rings (SSSR count). The number of hydrogen-bond acceptors (Lipinski definition) is 5. The SMILES string of the molecule is CCOc1cc(CNC(=NC)NC2CCN(c3cc(Cl)ccc3OC)C2)ccn1.I. The highest BCUT2D eigenvalue weighted by atomic mass is 127. The first-order chi connectivity index (χ1) is 14.1. The van der Waals surface area contributed by atoms with Gasteiger partial charge < -0.3 is 25.0 Å². The summed E-state index contributed by atoms with van der Waals surface area (Å²) in [5.41, 5.74) is 2.11. The molecule has 9 heteroatoms. The molecule has 0 amide bonds. The zero-order chi connectivity index (χ0) is 20.6. The van der Waals surface area contributed by atoms with Gasteiger partial charge >= 0.3 is 0 Å². The summed E-state index contributed by atoms with van der Waals surface area (Å²) in [4.78, 5) is 10.8. The summed E-state index contributed by atoms with van der Waals surface area (Å²) in [6, 6.07) is 9.89. The van der Waals surface area contributed by atoms with Crippen LogP contribution in [0.15, 0.2) is 41.5 Å². The summed E-state index contributed by atoms with van der Waals surface area (Å²) in [7, 11) is 3.46. The molecule has 1 saturated heterocycles. The number of rotatable bonds is 7. The van der Waals surface area contributed by atoms with Crippen molar-refractivity contribution in [3.63, 3.8) is 0 Å². The van der Waals surface area contributed by atoms with Crippen LogP contribution in [0.2, 0.25) is 5.02 Å². The number of hydrogen-bond donors (Lipinski definition) is 2. The number of guanidine groups is 1. The van der Waals surface area contributed by atoms with Crippen molar-refractivity contribution in [1.82, 2.24) is 15.6 Å². The highest BCUT2D eigenvalue weighted by Crippen LogP contribution is 2.33. The van der Waals surface area contributed by atoms with Crippen molar-refractivity contribution in [2.24, 2.45) is 4.99 Å². The van der Waals surface area contributed by atoms with Crippen molar-refractivity contribution in [2.45, 2.75) is 25.9 Å². The number of nitrogens with zero attached hydrogens (tertiary/aromatic N) is 3. The molecule has 1 unspecified atom stereocenters. The highest BCUT2D eigenvalue weighted by Gasteiger charge is 2.25. The van der Waals surface area contributed by atoms with Crippen molar-refractivity contribution in [2.75, 3.05) is 38.8 Å². The third kappa shape index (κ3) is 6.53. The minimum Gasteiger partial charge on any atom is -0.495 e. The number of nitrogens with one attached hydrogen (secondary N) is 2. The maximum atomic E-state index is 6.19. The van der Waals surface area contributed by atoms with Gasteiger partial charge in [-0.2, -0.15) is 0 Å². The van der Waals surface area contributed by atoms with Crippen LogP contribution in [-0.2, 0) is 6.54 Å². The van der Waals surface area contributed by atoms with Crippen molar-refractivity contribution in [3.05, 3.63) is 47.1 Å². The Balaban J connectivity index is 0.00000320. The molecule has 0 bridgehead atoms. The van der Waals surface area contributed by atoms with Gasteiger partial charge in [-0.25, -0.2) is 4.98 Å². The van der Waals surface area contributed by atoms with E-state index < -0.39 is 0 Å². The van der Waals surface area contributed by atoms with Gasteiger partial charge in [0.2, 0.25) is 5.88 Å². The van der Waals surface area contributed by atoms with Crippen LogP contribution in [-0.4, -0.2) is 50.8 Å². The molecule has 2 aromatic rings. The molecule has 0 radical (unpaired) electrons. The van der Waals surface area contributed by atoms with E-state index in [4.69, 9.17) is 21.1 Å². The maximum absolute atomic E-state index is 6.19. The summed E-state index contributed by atoms with van der Waals surface area (Å²) in [6.07, 6.45) is 2.76. The van der Waals surface area contributed by atoms with Crippen LogP contribution in [0.5, 0.6) is 11.6 Å². The molecule has 1 aliphatic heterocycles. The summed E-state index contributed by atoms with van der Waals surface area (Å²) in [6.45, 7) is 4.96. The second kappa shape index (κ2) is 12.0. The van der Waals surface area contributed by atoms with Crippen LogP contribution < -0.4 is 25.0 Å².